The van der Waals surface area contributed by atoms with Gasteiger partial charge in [0.15, 0.2) is 0 Å². The van der Waals surface area contributed by atoms with Crippen molar-refractivity contribution >= 4 is 6.03 Å². The number of piperidine rings is 3. The van der Waals surface area contributed by atoms with Crippen molar-refractivity contribution in [3.63, 3.8) is 0 Å². The van der Waals surface area contributed by atoms with Gasteiger partial charge in [0.1, 0.15) is 11.6 Å². The molecule has 0 spiro atoms. The average molecular weight is 335 g/mol. The quantitative estimate of drug-likeness (QED) is 0.788. The van der Waals surface area contributed by atoms with E-state index in [2.05, 4.69) is 4.90 Å². The summed E-state index contributed by atoms with van der Waals surface area (Å²) in [5, 5.41) is 0. The van der Waals surface area contributed by atoms with Gasteiger partial charge in [0.2, 0.25) is 0 Å². The number of hydrogen-bond acceptors (Lipinski definition) is 2. The van der Waals surface area contributed by atoms with Gasteiger partial charge in [0.05, 0.1) is 6.04 Å². The number of halogens is 2. The highest BCUT2D eigenvalue weighted by atomic mass is 19.1. The number of carbonyl (C=O) groups is 1. The van der Waals surface area contributed by atoms with E-state index in [1.54, 1.807) is 19.0 Å². The first-order valence-electron chi connectivity index (χ1n) is 8.63. The molecule has 4 fully saturated rings. The molecule has 24 heavy (non-hydrogen) atoms. The second-order valence-corrected chi connectivity index (χ2v) is 7.49. The highest BCUT2D eigenvalue weighted by Crippen LogP contribution is 2.46. The Labute approximate surface area is 141 Å². The number of carbonyl (C=O) groups excluding carboxylic acids is 1. The van der Waals surface area contributed by atoms with Crippen molar-refractivity contribution in [2.75, 3.05) is 33.7 Å². The molecule has 130 valence electrons. The number of hydrogen-bond donors (Lipinski definition) is 0. The minimum absolute atomic E-state index is 0.00174. The van der Waals surface area contributed by atoms with Crippen LogP contribution in [0.2, 0.25) is 0 Å². The summed E-state index contributed by atoms with van der Waals surface area (Å²) in [6.45, 7) is 2.57. The monoisotopic (exact) mass is 335 g/mol. The lowest BCUT2D eigenvalue weighted by Gasteiger charge is -2.51. The summed E-state index contributed by atoms with van der Waals surface area (Å²) in [7, 11) is 3.52. The van der Waals surface area contributed by atoms with Gasteiger partial charge in [-0.05, 0) is 49.5 Å². The minimum Gasteiger partial charge on any atom is -0.331 e. The maximum Gasteiger partial charge on any atom is 0.319 e. The first-order valence-corrected chi connectivity index (χ1v) is 8.63. The van der Waals surface area contributed by atoms with Crippen LogP contribution in [-0.4, -0.2) is 66.5 Å². The number of rotatable bonds is 1. The first kappa shape index (κ1) is 15.8. The van der Waals surface area contributed by atoms with E-state index in [1.807, 2.05) is 4.90 Å². The fraction of sp³-hybridized carbons (Fsp3) is 0.611. The second kappa shape index (κ2) is 5.69. The Hall–Kier alpha value is -1.69. The van der Waals surface area contributed by atoms with Crippen molar-refractivity contribution in [2.24, 2.45) is 5.92 Å². The van der Waals surface area contributed by atoms with Crippen LogP contribution in [0.5, 0.6) is 0 Å². The Bertz CT molecular complexity index is 637. The number of fused-ring (bicyclic) bond motifs is 2. The van der Waals surface area contributed by atoms with Crippen molar-refractivity contribution < 1.29 is 13.6 Å². The summed E-state index contributed by atoms with van der Waals surface area (Å²) in [6.07, 6.45) is 2.20. The summed E-state index contributed by atoms with van der Waals surface area (Å²) in [4.78, 5) is 18.6. The van der Waals surface area contributed by atoms with Gasteiger partial charge in [-0.2, -0.15) is 0 Å². The van der Waals surface area contributed by atoms with Crippen molar-refractivity contribution in [2.45, 2.75) is 30.8 Å². The molecule has 1 aromatic rings. The summed E-state index contributed by atoms with van der Waals surface area (Å²) in [5.41, 5.74) is 0.670. The molecule has 4 aliphatic heterocycles. The lowest BCUT2D eigenvalue weighted by molar-refractivity contribution is 0.000873. The third kappa shape index (κ3) is 2.39. The standard InChI is InChI=1S/C18H23F2N3O/c1-21(2)18(24)23-10-15(12-7-13(19)9-14(20)8-12)17-16(23)11-3-5-22(17)6-4-11/h7-9,11,15-17H,3-6,10H2,1-2H3/t15-,16-,17-/m1/s1. The zero-order chi connectivity index (χ0) is 17.0. The van der Waals surface area contributed by atoms with Crippen molar-refractivity contribution in [3.05, 3.63) is 35.4 Å². The van der Waals surface area contributed by atoms with Crippen molar-refractivity contribution in [1.82, 2.24) is 14.7 Å². The SMILES string of the molecule is CN(C)C(=O)N1C[C@H](c2cc(F)cc(F)c2)[C@@H]2[C@H]1C1CCN2CC1. The molecule has 2 bridgehead atoms. The van der Waals surface area contributed by atoms with E-state index >= 15 is 0 Å². The molecular weight excluding hydrogens is 312 g/mol. The fourth-order valence-corrected chi connectivity index (χ4v) is 4.98. The lowest BCUT2D eigenvalue weighted by Crippen LogP contribution is -2.61. The molecule has 0 unspecified atom stereocenters. The van der Waals surface area contributed by atoms with Crippen LogP contribution in [0.4, 0.5) is 13.6 Å². The Balaban J connectivity index is 1.73. The van der Waals surface area contributed by atoms with Crippen LogP contribution in [0.3, 0.4) is 0 Å². The number of likely N-dealkylation sites (tertiary alicyclic amines) is 1. The van der Waals surface area contributed by atoms with Gasteiger partial charge in [-0.25, -0.2) is 13.6 Å². The maximum atomic E-state index is 13.7. The molecule has 0 aliphatic carbocycles. The van der Waals surface area contributed by atoms with Crippen LogP contribution < -0.4 is 0 Å². The van der Waals surface area contributed by atoms with Crippen LogP contribution in [0.25, 0.3) is 0 Å². The van der Waals surface area contributed by atoms with Crippen molar-refractivity contribution in [1.29, 1.82) is 0 Å². The smallest absolute Gasteiger partial charge is 0.319 e. The first-order chi connectivity index (χ1) is 11.5. The number of urea groups is 1. The van der Waals surface area contributed by atoms with Crippen LogP contribution in [0.15, 0.2) is 18.2 Å². The van der Waals surface area contributed by atoms with E-state index in [0.717, 1.165) is 32.0 Å². The fourth-order valence-electron chi connectivity index (χ4n) is 4.98. The molecule has 4 saturated heterocycles. The summed E-state index contributed by atoms with van der Waals surface area (Å²) in [5.74, 6) is -0.635. The zero-order valence-electron chi connectivity index (χ0n) is 14.1. The molecule has 0 saturated carbocycles. The van der Waals surface area contributed by atoms with E-state index < -0.39 is 11.6 Å². The van der Waals surface area contributed by atoms with Gasteiger partial charge in [-0.3, -0.25) is 4.90 Å². The largest absolute Gasteiger partial charge is 0.331 e. The van der Waals surface area contributed by atoms with E-state index in [1.165, 1.54) is 12.1 Å². The predicted octanol–water partition coefficient (Wildman–Crippen LogP) is 2.51. The van der Waals surface area contributed by atoms with E-state index in [9.17, 15) is 13.6 Å². The molecule has 5 rings (SSSR count). The van der Waals surface area contributed by atoms with Gasteiger partial charge >= 0.3 is 6.03 Å². The minimum atomic E-state index is -0.546. The van der Waals surface area contributed by atoms with Gasteiger partial charge in [-0.1, -0.05) is 0 Å². The van der Waals surface area contributed by atoms with Gasteiger partial charge in [-0.15, -0.1) is 0 Å². The summed E-state index contributed by atoms with van der Waals surface area (Å²) >= 11 is 0. The molecule has 4 aliphatic rings. The second-order valence-electron chi connectivity index (χ2n) is 7.49. The molecule has 3 atom stereocenters. The predicted molar refractivity (Wildman–Crippen MR) is 86.8 cm³/mol. The van der Waals surface area contributed by atoms with E-state index in [-0.39, 0.29) is 24.0 Å². The van der Waals surface area contributed by atoms with Crippen LogP contribution in [0.1, 0.15) is 24.3 Å². The molecule has 0 radical (unpaired) electrons. The van der Waals surface area contributed by atoms with Gasteiger partial charge in [0.25, 0.3) is 0 Å². The van der Waals surface area contributed by atoms with Gasteiger partial charge < -0.3 is 9.80 Å². The lowest BCUT2D eigenvalue weighted by atomic mass is 9.75. The molecular formula is C18H23F2N3O. The van der Waals surface area contributed by atoms with Crippen LogP contribution >= 0.6 is 0 Å². The number of benzene rings is 1. The van der Waals surface area contributed by atoms with Crippen molar-refractivity contribution in [3.8, 4) is 0 Å². The molecule has 2 amide bonds. The summed E-state index contributed by atoms with van der Waals surface area (Å²) < 4.78 is 27.5. The zero-order valence-corrected chi connectivity index (χ0v) is 14.1. The molecule has 0 aromatic heterocycles. The maximum absolute atomic E-state index is 13.7. The highest BCUT2D eigenvalue weighted by Gasteiger charge is 2.54. The Morgan fingerprint density at radius 2 is 1.71 bits per heavy atom. The highest BCUT2D eigenvalue weighted by molar-refractivity contribution is 5.75. The number of nitrogens with zero attached hydrogens (tertiary/aromatic N) is 3. The molecule has 4 nitrogen and oxygen atoms in total. The van der Waals surface area contributed by atoms with E-state index in [0.29, 0.717) is 18.0 Å². The normalized spacial score (nSPS) is 34.3. The van der Waals surface area contributed by atoms with E-state index in [4.69, 9.17) is 0 Å². The topological polar surface area (TPSA) is 26.8 Å². The summed E-state index contributed by atoms with van der Waals surface area (Å²) in [6, 6.07) is 4.08. The molecule has 0 N–H and O–H groups in total. The third-order valence-corrected chi connectivity index (χ3v) is 5.94. The average Bonchev–Trinajstić information content (AvgIpc) is 2.97. The Morgan fingerprint density at radius 1 is 1.08 bits per heavy atom. The van der Waals surface area contributed by atoms with Crippen LogP contribution in [0, 0.1) is 17.6 Å². The Kier molecular flexibility index (Phi) is 3.75. The molecule has 1 aromatic carbocycles. The Morgan fingerprint density at radius 3 is 2.29 bits per heavy atom. The number of amides is 2. The van der Waals surface area contributed by atoms with Crippen LogP contribution in [-0.2, 0) is 0 Å². The molecule has 6 heteroatoms. The molecule has 4 heterocycles. The third-order valence-electron chi connectivity index (χ3n) is 5.94. The van der Waals surface area contributed by atoms with Gasteiger partial charge in [0, 0.05) is 38.7 Å².